The molecule has 0 unspecified atom stereocenters. The van der Waals surface area contributed by atoms with Gasteiger partial charge >= 0.3 is 0 Å². The van der Waals surface area contributed by atoms with Gasteiger partial charge in [-0.2, -0.15) is 0 Å². The minimum atomic E-state index is -0.113. The van der Waals surface area contributed by atoms with E-state index in [9.17, 15) is 4.79 Å². The Morgan fingerprint density at radius 2 is 2.20 bits per heavy atom. The standard InChI is InChI=1S/C15H24N4O/c1-3-17-14(20)13-10-12(4-7-18-13)19-8-5-15(2,11-16)6-9-19/h4,7,10H,3,5-6,8-9,11,16H2,1-2H3,(H,17,20). The van der Waals surface area contributed by atoms with E-state index in [1.165, 1.54) is 0 Å². The zero-order valence-corrected chi connectivity index (χ0v) is 12.4. The van der Waals surface area contributed by atoms with E-state index in [0.29, 0.717) is 12.2 Å². The van der Waals surface area contributed by atoms with E-state index in [4.69, 9.17) is 5.73 Å². The van der Waals surface area contributed by atoms with Gasteiger partial charge in [-0.15, -0.1) is 0 Å². The van der Waals surface area contributed by atoms with Gasteiger partial charge in [0.15, 0.2) is 0 Å². The van der Waals surface area contributed by atoms with Crippen LogP contribution >= 0.6 is 0 Å². The highest BCUT2D eigenvalue weighted by Gasteiger charge is 2.28. The van der Waals surface area contributed by atoms with E-state index in [1.54, 1.807) is 6.20 Å². The first-order valence-electron chi connectivity index (χ1n) is 7.27. The number of amides is 1. The predicted octanol–water partition coefficient (Wildman–Crippen LogP) is 1.40. The van der Waals surface area contributed by atoms with Gasteiger partial charge in [-0.05, 0) is 43.9 Å². The quantitative estimate of drug-likeness (QED) is 0.872. The van der Waals surface area contributed by atoms with E-state index >= 15 is 0 Å². The Kier molecular flexibility index (Phi) is 4.60. The molecule has 2 rings (SSSR count). The Bertz CT molecular complexity index is 467. The number of nitrogens with one attached hydrogen (secondary N) is 1. The number of carbonyl (C=O) groups excluding carboxylic acids is 1. The molecule has 1 aromatic rings. The topological polar surface area (TPSA) is 71.2 Å². The van der Waals surface area contributed by atoms with Crippen LogP contribution in [0.4, 0.5) is 5.69 Å². The maximum absolute atomic E-state index is 11.8. The lowest BCUT2D eigenvalue weighted by molar-refractivity contribution is 0.0951. The van der Waals surface area contributed by atoms with Crippen LogP contribution in [0.2, 0.25) is 0 Å². The van der Waals surface area contributed by atoms with Crippen molar-refractivity contribution in [2.24, 2.45) is 11.1 Å². The van der Waals surface area contributed by atoms with Crippen molar-refractivity contribution in [2.45, 2.75) is 26.7 Å². The van der Waals surface area contributed by atoms with E-state index in [-0.39, 0.29) is 11.3 Å². The number of nitrogens with two attached hydrogens (primary N) is 1. The van der Waals surface area contributed by atoms with Crippen molar-refractivity contribution in [1.82, 2.24) is 10.3 Å². The molecule has 5 nitrogen and oxygen atoms in total. The second kappa shape index (κ2) is 6.22. The second-order valence-corrected chi connectivity index (χ2v) is 5.76. The van der Waals surface area contributed by atoms with Crippen LogP contribution in [-0.4, -0.2) is 37.1 Å². The summed E-state index contributed by atoms with van der Waals surface area (Å²) in [6, 6.07) is 3.84. The summed E-state index contributed by atoms with van der Waals surface area (Å²) in [6.07, 6.45) is 3.88. The van der Waals surface area contributed by atoms with Gasteiger partial charge in [-0.25, -0.2) is 0 Å². The number of nitrogens with zero attached hydrogens (tertiary/aromatic N) is 2. The molecule has 0 radical (unpaired) electrons. The van der Waals surface area contributed by atoms with Crippen molar-refractivity contribution < 1.29 is 4.79 Å². The van der Waals surface area contributed by atoms with Gasteiger partial charge in [-0.1, -0.05) is 6.92 Å². The van der Waals surface area contributed by atoms with Crippen molar-refractivity contribution >= 4 is 11.6 Å². The maximum atomic E-state index is 11.8. The number of anilines is 1. The monoisotopic (exact) mass is 276 g/mol. The first kappa shape index (κ1) is 14.8. The van der Waals surface area contributed by atoms with Crippen LogP contribution in [-0.2, 0) is 0 Å². The smallest absolute Gasteiger partial charge is 0.269 e. The minimum Gasteiger partial charge on any atom is -0.371 e. The second-order valence-electron chi connectivity index (χ2n) is 5.76. The number of piperidine rings is 1. The van der Waals surface area contributed by atoms with Crippen LogP contribution in [0.15, 0.2) is 18.3 Å². The highest BCUT2D eigenvalue weighted by atomic mass is 16.1. The molecule has 0 atom stereocenters. The molecule has 0 bridgehead atoms. The fourth-order valence-corrected chi connectivity index (χ4v) is 2.50. The largest absolute Gasteiger partial charge is 0.371 e. The van der Waals surface area contributed by atoms with E-state index in [0.717, 1.165) is 38.2 Å². The van der Waals surface area contributed by atoms with Crippen LogP contribution in [0.5, 0.6) is 0 Å². The van der Waals surface area contributed by atoms with Gasteiger partial charge < -0.3 is 16.0 Å². The summed E-state index contributed by atoms with van der Waals surface area (Å²) >= 11 is 0. The number of pyridine rings is 1. The number of rotatable bonds is 4. The fraction of sp³-hybridized carbons (Fsp3) is 0.600. The van der Waals surface area contributed by atoms with Gasteiger partial charge in [0.05, 0.1) is 0 Å². The molecule has 1 aliphatic rings. The third-order valence-electron chi connectivity index (χ3n) is 4.14. The van der Waals surface area contributed by atoms with Crippen molar-refractivity contribution in [3.63, 3.8) is 0 Å². The summed E-state index contributed by atoms with van der Waals surface area (Å²) < 4.78 is 0. The molecule has 2 heterocycles. The molecule has 20 heavy (non-hydrogen) atoms. The highest BCUT2D eigenvalue weighted by molar-refractivity contribution is 5.93. The van der Waals surface area contributed by atoms with Gasteiger partial charge in [0, 0.05) is 31.5 Å². The Labute approximate surface area is 120 Å². The molecule has 1 amide bonds. The van der Waals surface area contributed by atoms with E-state index in [2.05, 4.69) is 22.1 Å². The van der Waals surface area contributed by atoms with Crippen LogP contribution in [0.1, 0.15) is 37.2 Å². The molecule has 5 heteroatoms. The molecule has 0 aromatic carbocycles. The summed E-state index contributed by atoms with van der Waals surface area (Å²) in [5.74, 6) is -0.113. The van der Waals surface area contributed by atoms with E-state index < -0.39 is 0 Å². The summed E-state index contributed by atoms with van der Waals surface area (Å²) in [7, 11) is 0. The van der Waals surface area contributed by atoms with Gasteiger partial charge in [-0.3, -0.25) is 9.78 Å². The van der Waals surface area contributed by atoms with Crippen LogP contribution in [0, 0.1) is 5.41 Å². The van der Waals surface area contributed by atoms with Crippen molar-refractivity contribution in [3.8, 4) is 0 Å². The Morgan fingerprint density at radius 1 is 1.50 bits per heavy atom. The molecule has 3 N–H and O–H groups in total. The molecule has 0 spiro atoms. The van der Waals surface area contributed by atoms with Gasteiger partial charge in [0.25, 0.3) is 5.91 Å². The molecule has 0 saturated carbocycles. The molecule has 0 aliphatic carbocycles. The normalized spacial score (nSPS) is 17.9. The molecule has 1 fully saturated rings. The summed E-state index contributed by atoms with van der Waals surface area (Å²) in [5, 5.41) is 2.78. The van der Waals surface area contributed by atoms with Crippen molar-refractivity contribution in [2.75, 3.05) is 31.1 Å². The Balaban J connectivity index is 2.07. The molecule has 1 aliphatic heterocycles. The van der Waals surface area contributed by atoms with E-state index in [1.807, 2.05) is 19.1 Å². The van der Waals surface area contributed by atoms with Crippen molar-refractivity contribution in [1.29, 1.82) is 0 Å². The average molecular weight is 276 g/mol. The first-order chi connectivity index (χ1) is 9.58. The minimum absolute atomic E-state index is 0.113. The van der Waals surface area contributed by atoms with Gasteiger partial charge in [0.2, 0.25) is 0 Å². The number of carbonyl (C=O) groups is 1. The lowest BCUT2D eigenvalue weighted by atomic mass is 9.80. The molecular formula is C15H24N4O. The Morgan fingerprint density at radius 3 is 2.80 bits per heavy atom. The number of hydrogen-bond acceptors (Lipinski definition) is 4. The molecule has 1 saturated heterocycles. The van der Waals surface area contributed by atoms with Crippen LogP contribution in [0.3, 0.4) is 0 Å². The van der Waals surface area contributed by atoms with Gasteiger partial charge in [0.1, 0.15) is 5.69 Å². The molecule has 110 valence electrons. The summed E-state index contributed by atoms with van der Waals surface area (Å²) in [4.78, 5) is 18.3. The van der Waals surface area contributed by atoms with Crippen molar-refractivity contribution in [3.05, 3.63) is 24.0 Å². The lowest BCUT2D eigenvalue weighted by Gasteiger charge is -2.39. The zero-order valence-electron chi connectivity index (χ0n) is 12.4. The first-order valence-corrected chi connectivity index (χ1v) is 7.27. The van der Waals surface area contributed by atoms with Crippen LogP contribution in [0.25, 0.3) is 0 Å². The summed E-state index contributed by atoms with van der Waals surface area (Å²) in [5.41, 5.74) is 7.65. The Hall–Kier alpha value is -1.62. The fourth-order valence-electron chi connectivity index (χ4n) is 2.50. The number of aromatic nitrogens is 1. The maximum Gasteiger partial charge on any atom is 0.269 e. The average Bonchev–Trinajstić information content (AvgIpc) is 2.48. The summed E-state index contributed by atoms with van der Waals surface area (Å²) in [6.45, 7) is 7.46. The lowest BCUT2D eigenvalue weighted by Crippen LogP contribution is -2.42. The molecular weight excluding hydrogens is 252 g/mol. The predicted molar refractivity (Wildman–Crippen MR) is 80.9 cm³/mol. The number of hydrogen-bond donors (Lipinski definition) is 2. The molecule has 1 aromatic heterocycles. The highest BCUT2D eigenvalue weighted by Crippen LogP contribution is 2.31. The third kappa shape index (κ3) is 3.28. The SMILES string of the molecule is CCNC(=O)c1cc(N2CCC(C)(CN)CC2)ccn1. The third-order valence-corrected chi connectivity index (χ3v) is 4.14. The van der Waals surface area contributed by atoms with Crippen LogP contribution < -0.4 is 16.0 Å². The zero-order chi connectivity index (χ0) is 14.6.